The Bertz CT molecular complexity index is 539. The summed E-state index contributed by atoms with van der Waals surface area (Å²) in [6.45, 7) is 6.47. The van der Waals surface area contributed by atoms with Gasteiger partial charge >= 0.3 is 11.9 Å². The van der Waals surface area contributed by atoms with Gasteiger partial charge in [0.05, 0.1) is 18.4 Å². The zero-order chi connectivity index (χ0) is 14.2. The molecule has 5 rings (SSSR count). The topological polar surface area (TPSA) is 52.6 Å². The Morgan fingerprint density at radius 1 is 1.45 bits per heavy atom. The van der Waals surface area contributed by atoms with Crippen LogP contribution in [0.25, 0.3) is 0 Å². The number of carbonyl (C=O) groups excluding carboxylic acids is 2. The molecular weight excluding hydrogens is 256 g/mol. The molecule has 1 aliphatic heterocycles. The van der Waals surface area contributed by atoms with Crippen LogP contribution in [0.15, 0.2) is 12.2 Å². The van der Waals surface area contributed by atoms with E-state index in [1.165, 1.54) is 0 Å². The van der Waals surface area contributed by atoms with Crippen LogP contribution < -0.4 is 0 Å². The van der Waals surface area contributed by atoms with Crippen LogP contribution in [0.1, 0.15) is 45.4 Å². The molecule has 0 unspecified atom stereocenters. The Labute approximate surface area is 118 Å². The van der Waals surface area contributed by atoms with Crippen molar-refractivity contribution >= 4 is 11.9 Å². The summed E-state index contributed by atoms with van der Waals surface area (Å²) >= 11 is 0. The Kier molecular flexibility index (Phi) is 2.15. The molecule has 20 heavy (non-hydrogen) atoms. The fourth-order valence-electron chi connectivity index (χ4n) is 5.99. The number of esters is 2. The van der Waals surface area contributed by atoms with Crippen molar-refractivity contribution in [3.63, 3.8) is 0 Å². The maximum absolute atomic E-state index is 12.5. The molecule has 0 amide bonds. The molecule has 0 N–H and O–H groups in total. The quantitative estimate of drug-likeness (QED) is 0.586. The van der Waals surface area contributed by atoms with Gasteiger partial charge in [-0.1, -0.05) is 25.0 Å². The van der Waals surface area contributed by atoms with Gasteiger partial charge in [0, 0.05) is 10.8 Å². The van der Waals surface area contributed by atoms with Gasteiger partial charge in [0.2, 0.25) is 0 Å². The van der Waals surface area contributed by atoms with Crippen LogP contribution >= 0.6 is 0 Å². The highest BCUT2D eigenvalue weighted by Crippen LogP contribution is 2.89. The molecule has 0 aromatic rings. The zero-order valence-corrected chi connectivity index (χ0v) is 11.9. The van der Waals surface area contributed by atoms with Crippen molar-refractivity contribution in [1.82, 2.24) is 0 Å². The third-order valence-electron chi connectivity index (χ3n) is 6.50. The number of ether oxygens (including phenoxy) is 2. The maximum atomic E-state index is 12.5. The van der Waals surface area contributed by atoms with Gasteiger partial charge in [-0.2, -0.15) is 0 Å². The van der Waals surface area contributed by atoms with E-state index in [2.05, 4.69) is 6.58 Å². The molecule has 0 aromatic heterocycles. The van der Waals surface area contributed by atoms with Crippen molar-refractivity contribution in [2.24, 2.45) is 16.2 Å². The molecule has 5 aliphatic rings. The van der Waals surface area contributed by atoms with Crippen molar-refractivity contribution in [2.75, 3.05) is 6.61 Å². The first-order valence-electron chi connectivity index (χ1n) is 7.62. The Morgan fingerprint density at radius 3 is 2.95 bits per heavy atom. The van der Waals surface area contributed by atoms with E-state index in [1.54, 1.807) is 0 Å². The zero-order valence-electron chi connectivity index (χ0n) is 11.9. The van der Waals surface area contributed by atoms with Crippen LogP contribution in [0.4, 0.5) is 0 Å². The molecule has 1 heterocycles. The van der Waals surface area contributed by atoms with Crippen molar-refractivity contribution in [1.29, 1.82) is 0 Å². The summed E-state index contributed by atoms with van der Waals surface area (Å²) in [6.07, 6.45) is 5.04. The summed E-state index contributed by atoms with van der Waals surface area (Å²) in [7, 11) is 0. The smallest absolute Gasteiger partial charge is 0.314 e. The van der Waals surface area contributed by atoms with Crippen LogP contribution in [0.3, 0.4) is 0 Å². The maximum Gasteiger partial charge on any atom is 0.314 e. The molecule has 1 saturated heterocycles. The van der Waals surface area contributed by atoms with Gasteiger partial charge in [0.25, 0.3) is 0 Å². The average molecular weight is 276 g/mol. The van der Waals surface area contributed by atoms with Gasteiger partial charge < -0.3 is 9.47 Å². The first kappa shape index (κ1) is 12.4. The first-order valence-corrected chi connectivity index (χ1v) is 7.62. The number of hydrogen-bond acceptors (Lipinski definition) is 4. The third kappa shape index (κ3) is 0.922. The van der Waals surface area contributed by atoms with E-state index in [-0.39, 0.29) is 28.9 Å². The van der Waals surface area contributed by atoms with Crippen molar-refractivity contribution in [3.8, 4) is 0 Å². The van der Waals surface area contributed by atoms with E-state index in [1.807, 2.05) is 6.92 Å². The predicted octanol–water partition coefficient (Wildman–Crippen LogP) is 2.37. The third-order valence-corrected chi connectivity index (χ3v) is 6.50. The lowest BCUT2D eigenvalue weighted by atomic mass is 9.35. The van der Waals surface area contributed by atoms with Crippen LogP contribution in [0.5, 0.6) is 0 Å². The van der Waals surface area contributed by atoms with E-state index in [0.29, 0.717) is 13.0 Å². The van der Waals surface area contributed by atoms with Crippen molar-refractivity contribution in [2.45, 2.75) is 51.6 Å². The molecule has 108 valence electrons. The SMILES string of the molecule is C=C1[C@@]2(CC(=O)OCC)C[C@@H]3OC(=O)[C@]24CCCC[C@@]134. The van der Waals surface area contributed by atoms with Gasteiger partial charge in [-0.15, -0.1) is 0 Å². The molecule has 4 atom stereocenters. The van der Waals surface area contributed by atoms with Gasteiger partial charge in [-0.25, -0.2) is 0 Å². The molecule has 0 aromatic carbocycles. The normalized spacial score (nSPS) is 47.5. The van der Waals surface area contributed by atoms with Crippen molar-refractivity contribution in [3.05, 3.63) is 12.2 Å². The summed E-state index contributed by atoms with van der Waals surface area (Å²) in [6, 6.07) is 0. The van der Waals surface area contributed by atoms with Gasteiger partial charge in [0.15, 0.2) is 0 Å². The van der Waals surface area contributed by atoms with E-state index in [0.717, 1.165) is 37.7 Å². The minimum absolute atomic E-state index is 0.0442. The largest absolute Gasteiger partial charge is 0.466 e. The monoisotopic (exact) mass is 276 g/mol. The fourth-order valence-corrected chi connectivity index (χ4v) is 5.99. The van der Waals surface area contributed by atoms with E-state index < -0.39 is 5.41 Å². The minimum atomic E-state index is -0.466. The Morgan fingerprint density at radius 2 is 2.20 bits per heavy atom. The second-order valence-electron chi connectivity index (χ2n) is 6.72. The molecule has 0 radical (unpaired) electrons. The summed E-state index contributed by atoms with van der Waals surface area (Å²) < 4.78 is 10.8. The fraction of sp³-hybridized carbons (Fsp3) is 0.750. The highest BCUT2D eigenvalue weighted by molar-refractivity contribution is 5.91. The lowest BCUT2D eigenvalue weighted by Crippen LogP contribution is -2.65. The van der Waals surface area contributed by atoms with Crippen molar-refractivity contribution < 1.29 is 19.1 Å². The van der Waals surface area contributed by atoms with Crippen LogP contribution in [-0.2, 0) is 19.1 Å². The number of hydrogen-bond donors (Lipinski definition) is 0. The highest BCUT2D eigenvalue weighted by atomic mass is 16.6. The molecule has 1 spiro atoms. The predicted molar refractivity (Wildman–Crippen MR) is 70.7 cm³/mol. The molecule has 4 heteroatoms. The number of rotatable bonds is 3. The average Bonchev–Trinajstić information content (AvgIpc) is 2.90. The molecule has 4 bridgehead atoms. The summed E-state index contributed by atoms with van der Waals surface area (Å²) in [5.74, 6) is -0.285. The molecule has 4 nitrogen and oxygen atoms in total. The lowest BCUT2D eigenvalue weighted by Gasteiger charge is -2.64. The Balaban J connectivity index is 1.77. The second kappa shape index (κ2) is 3.46. The summed E-state index contributed by atoms with van der Waals surface area (Å²) in [5.41, 5.74) is 0.0926. The highest BCUT2D eigenvalue weighted by Gasteiger charge is 2.91. The second-order valence-corrected chi connectivity index (χ2v) is 6.72. The van der Waals surface area contributed by atoms with Gasteiger partial charge in [-0.05, 0) is 26.2 Å². The van der Waals surface area contributed by atoms with Crippen LogP contribution in [0, 0.1) is 16.2 Å². The molecule has 5 fully saturated rings. The Hall–Kier alpha value is -1.32. The summed E-state index contributed by atoms with van der Waals surface area (Å²) in [4.78, 5) is 24.5. The van der Waals surface area contributed by atoms with E-state index >= 15 is 0 Å². The van der Waals surface area contributed by atoms with Gasteiger partial charge in [-0.3, -0.25) is 9.59 Å². The van der Waals surface area contributed by atoms with Crippen LogP contribution in [-0.4, -0.2) is 24.6 Å². The van der Waals surface area contributed by atoms with Gasteiger partial charge in [0.1, 0.15) is 6.10 Å². The molecule has 4 saturated carbocycles. The minimum Gasteiger partial charge on any atom is -0.466 e. The molecular formula is C16H20O4. The van der Waals surface area contributed by atoms with Crippen LogP contribution in [0.2, 0.25) is 0 Å². The lowest BCUT2D eigenvalue weighted by molar-refractivity contribution is -0.178. The number of carbonyl (C=O) groups is 2. The standard InChI is InChI=1S/C16H20O4/c1-3-19-12(17)9-14-8-11-15(10(14)2)6-4-5-7-16(14,15)13(18)20-11/h11H,2-9H2,1H3/t11-,14-,15+,16+/m0/s1. The van der Waals surface area contributed by atoms with E-state index in [9.17, 15) is 9.59 Å². The first-order chi connectivity index (χ1) is 9.55. The summed E-state index contributed by atoms with van der Waals surface area (Å²) in [5, 5.41) is 0. The molecule has 4 aliphatic carbocycles. The van der Waals surface area contributed by atoms with E-state index in [4.69, 9.17) is 9.47 Å².